The lowest BCUT2D eigenvalue weighted by Gasteiger charge is -2.05. The van der Waals surface area contributed by atoms with Gasteiger partial charge < -0.3 is 10.6 Å². The van der Waals surface area contributed by atoms with Gasteiger partial charge in [0.25, 0.3) is 0 Å². The van der Waals surface area contributed by atoms with E-state index in [9.17, 15) is 9.59 Å². The van der Waals surface area contributed by atoms with Crippen molar-refractivity contribution in [1.82, 2.24) is 20.5 Å². The molecule has 0 aliphatic carbocycles. The zero-order valence-electron chi connectivity index (χ0n) is 12.2. The monoisotopic (exact) mass is 309 g/mol. The zero-order valence-corrected chi connectivity index (χ0v) is 12.2. The number of hydrogen-bond acceptors (Lipinski definition) is 4. The molecule has 0 bridgehead atoms. The van der Waals surface area contributed by atoms with Gasteiger partial charge in [-0.05, 0) is 24.1 Å². The number of amides is 2. The fraction of sp³-hybridized carbons (Fsp3) is 0.125. The molecule has 2 aromatic heterocycles. The summed E-state index contributed by atoms with van der Waals surface area (Å²) in [7, 11) is 0. The molecular weight excluding hydrogens is 294 g/mol. The predicted octanol–water partition coefficient (Wildman–Crippen LogP) is 1.26. The SMILES string of the molecule is O=C(NCCc1ccccc1)C(=O)Nc1[nH]nc2ncccc12. The Kier molecular flexibility index (Phi) is 4.28. The summed E-state index contributed by atoms with van der Waals surface area (Å²) in [5.41, 5.74) is 1.58. The summed E-state index contributed by atoms with van der Waals surface area (Å²) in [6, 6.07) is 13.2. The van der Waals surface area contributed by atoms with Crippen molar-refractivity contribution in [2.45, 2.75) is 6.42 Å². The molecule has 0 atom stereocenters. The second-order valence-electron chi connectivity index (χ2n) is 4.92. The van der Waals surface area contributed by atoms with E-state index in [0.717, 1.165) is 5.56 Å². The maximum Gasteiger partial charge on any atom is 0.314 e. The summed E-state index contributed by atoms with van der Waals surface area (Å²) >= 11 is 0. The average Bonchev–Trinajstić information content (AvgIpc) is 2.99. The van der Waals surface area contributed by atoms with Crippen molar-refractivity contribution in [2.75, 3.05) is 11.9 Å². The van der Waals surface area contributed by atoms with Crippen LogP contribution in [0.5, 0.6) is 0 Å². The molecular formula is C16H15N5O2. The number of benzene rings is 1. The van der Waals surface area contributed by atoms with Gasteiger partial charge in [-0.15, -0.1) is 0 Å². The maximum absolute atomic E-state index is 11.9. The van der Waals surface area contributed by atoms with Crippen molar-refractivity contribution in [1.29, 1.82) is 0 Å². The second-order valence-corrected chi connectivity index (χ2v) is 4.92. The van der Waals surface area contributed by atoms with Gasteiger partial charge in [0.2, 0.25) is 0 Å². The molecule has 0 fully saturated rings. The minimum atomic E-state index is -0.743. The molecule has 0 saturated heterocycles. The number of nitrogens with zero attached hydrogens (tertiary/aromatic N) is 2. The van der Waals surface area contributed by atoms with Gasteiger partial charge in [-0.2, -0.15) is 5.10 Å². The Labute approximate surface area is 132 Å². The van der Waals surface area contributed by atoms with Gasteiger partial charge in [0.1, 0.15) is 5.82 Å². The third-order valence-electron chi connectivity index (χ3n) is 3.32. The van der Waals surface area contributed by atoms with E-state index in [0.29, 0.717) is 29.8 Å². The predicted molar refractivity (Wildman–Crippen MR) is 85.7 cm³/mol. The van der Waals surface area contributed by atoms with E-state index in [1.165, 1.54) is 0 Å². The Morgan fingerprint density at radius 3 is 2.70 bits per heavy atom. The number of anilines is 1. The van der Waals surface area contributed by atoms with E-state index < -0.39 is 11.8 Å². The number of hydrogen-bond donors (Lipinski definition) is 3. The largest absolute Gasteiger partial charge is 0.347 e. The number of carbonyl (C=O) groups excluding carboxylic acids is 2. The molecule has 3 N–H and O–H groups in total. The highest BCUT2D eigenvalue weighted by atomic mass is 16.2. The number of carbonyl (C=O) groups is 2. The zero-order chi connectivity index (χ0) is 16.1. The molecule has 0 unspecified atom stereocenters. The van der Waals surface area contributed by atoms with Crippen LogP contribution in [0.4, 0.5) is 5.82 Å². The number of aromatic nitrogens is 3. The molecule has 116 valence electrons. The Bertz CT molecular complexity index is 829. The van der Waals surface area contributed by atoms with Crippen LogP contribution in [-0.4, -0.2) is 33.5 Å². The highest BCUT2D eigenvalue weighted by Gasteiger charge is 2.16. The van der Waals surface area contributed by atoms with Gasteiger partial charge in [-0.25, -0.2) is 4.98 Å². The molecule has 23 heavy (non-hydrogen) atoms. The molecule has 3 rings (SSSR count). The van der Waals surface area contributed by atoms with Crippen molar-refractivity contribution >= 4 is 28.7 Å². The fourth-order valence-electron chi connectivity index (χ4n) is 2.16. The highest BCUT2D eigenvalue weighted by molar-refractivity contribution is 6.40. The number of aromatic amines is 1. The van der Waals surface area contributed by atoms with Crippen LogP contribution < -0.4 is 10.6 Å². The van der Waals surface area contributed by atoms with Crippen molar-refractivity contribution in [3.8, 4) is 0 Å². The van der Waals surface area contributed by atoms with Crippen LogP contribution in [0, 0.1) is 0 Å². The first-order chi connectivity index (χ1) is 11.2. The molecule has 0 saturated carbocycles. The van der Waals surface area contributed by atoms with Crippen molar-refractivity contribution in [2.24, 2.45) is 0 Å². The van der Waals surface area contributed by atoms with Gasteiger partial charge in [-0.3, -0.25) is 14.7 Å². The van der Waals surface area contributed by atoms with Crippen molar-refractivity contribution in [3.63, 3.8) is 0 Å². The van der Waals surface area contributed by atoms with E-state index in [1.807, 2.05) is 30.3 Å². The molecule has 0 spiro atoms. The standard InChI is InChI=1S/C16H15N5O2/c22-15(18-10-8-11-5-2-1-3-6-11)16(23)19-14-12-7-4-9-17-13(12)20-21-14/h1-7,9H,8,10H2,(H,18,22)(H2,17,19,20,21,23). The van der Waals surface area contributed by atoms with Gasteiger partial charge >= 0.3 is 11.8 Å². The van der Waals surface area contributed by atoms with Crippen LogP contribution in [0.15, 0.2) is 48.7 Å². The van der Waals surface area contributed by atoms with E-state index in [1.54, 1.807) is 18.3 Å². The van der Waals surface area contributed by atoms with E-state index in [2.05, 4.69) is 25.8 Å². The van der Waals surface area contributed by atoms with Gasteiger partial charge in [0.05, 0.1) is 5.39 Å². The third-order valence-corrected chi connectivity index (χ3v) is 3.32. The molecule has 2 amide bonds. The van der Waals surface area contributed by atoms with Gasteiger partial charge in [0.15, 0.2) is 5.65 Å². The lowest BCUT2D eigenvalue weighted by molar-refractivity contribution is -0.136. The first-order valence-corrected chi connectivity index (χ1v) is 7.16. The number of nitrogens with one attached hydrogen (secondary N) is 3. The van der Waals surface area contributed by atoms with Crippen LogP contribution >= 0.6 is 0 Å². The van der Waals surface area contributed by atoms with Gasteiger partial charge in [0, 0.05) is 12.7 Å². The maximum atomic E-state index is 11.9. The molecule has 0 aliphatic rings. The first-order valence-electron chi connectivity index (χ1n) is 7.16. The molecule has 1 aromatic carbocycles. The average molecular weight is 309 g/mol. The summed E-state index contributed by atoms with van der Waals surface area (Å²) in [6.07, 6.45) is 2.27. The van der Waals surface area contributed by atoms with E-state index in [4.69, 9.17) is 0 Å². The quantitative estimate of drug-likeness (QED) is 0.632. The Morgan fingerprint density at radius 2 is 1.87 bits per heavy atom. The Balaban J connectivity index is 1.54. The van der Waals surface area contributed by atoms with Crippen LogP contribution in [0.2, 0.25) is 0 Å². The molecule has 2 heterocycles. The summed E-state index contributed by atoms with van der Waals surface area (Å²) in [5, 5.41) is 12.4. The summed E-state index contributed by atoms with van der Waals surface area (Å²) < 4.78 is 0. The lowest BCUT2D eigenvalue weighted by atomic mass is 10.1. The Morgan fingerprint density at radius 1 is 1.04 bits per heavy atom. The number of rotatable bonds is 4. The van der Waals surface area contributed by atoms with Crippen molar-refractivity contribution < 1.29 is 9.59 Å². The minimum absolute atomic E-state index is 0.358. The van der Waals surface area contributed by atoms with Crippen LogP contribution in [0.1, 0.15) is 5.56 Å². The smallest absolute Gasteiger partial charge is 0.314 e. The third kappa shape index (κ3) is 3.52. The molecule has 7 heteroatoms. The fourth-order valence-corrected chi connectivity index (χ4v) is 2.16. The molecule has 0 radical (unpaired) electrons. The summed E-state index contributed by atoms with van der Waals surface area (Å²) in [4.78, 5) is 27.8. The minimum Gasteiger partial charge on any atom is -0.347 e. The van der Waals surface area contributed by atoms with Crippen LogP contribution in [0.25, 0.3) is 11.0 Å². The molecule has 3 aromatic rings. The number of fused-ring (bicyclic) bond motifs is 1. The van der Waals surface area contributed by atoms with Crippen LogP contribution in [-0.2, 0) is 16.0 Å². The summed E-state index contributed by atoms with van der Waals surface area (Å²) in [5.74, 6) is -1.07. The lowest BCUT2D eigenvalue weighted by Crippen LogP contribution is -2.36. The van der Waals surface area contributed by atoms with Gasteiger partial charge in [-0.1, -0.05) is 30.3 Å². The van der Waals surface area contributed by atoms with Crippen LogP contribution in [0.3, 0.4) is 0 Å². The number of H-pyrrole nitrogens is 1. The van der Waals surface area contributed by atoms with E-state index in [-0.39, 0.29) is 0 Å². The topological polar surface area (TPSA) is 99.8 Å². The number of pyridine rings is 1. The summed E-state index contributed by atoms with van der Waals surface area (Å²) in [6.45, 7) is 0.390. The van der Waals surface area contributed by atoms with E-state index >= 15 is 0 Å². The second kappa shape index (κ2) is 6.69. The van der Waals surface area contributed by atoms with Crippen molar-refractivity contribution in [3.05, 3.63) is 54.2 Å². The first kappa shape index (κ1) is 14.7. The Hall–Kier alpha value is -3.22. The molecule has 7 nitrogen and oxygen atoms in total. The molecule has 0 aliphatic heterocycles. The highest BCUT2D eigenvalue weighted by Crippen LogP contribution is 2.17. The normalized spacial score (nSPS) is 10.4.